The van der Waals surface area contributed by atoms with Crippen molar-refractivity contribution >= 4 is 28.3 Å². The number of amides is 1. The van der Waals surface area contributed by atoms with Crippen LogP contribution in [0.1, 0.15) is 19.8 Å². The van der Waals surface area contributed by atoms with Gasteiger partial charge < -0.3 is 15.8 Å². The van der Waals surface area contributed by atoms with Crippen LogP contribution in [0.15, 0.2) is 29.2 Å². The first kappa shape index (κ1) is 24.4. The van der Waals surface area contributed by atoms with Crippen molar-refractivity contribution in [2.24, 2.45) is 5.73 Å². The predicted octanol–water partition coefficient (Wildman–Crippen LogP) is 1.53. The molecule has 0 aliphatic heterocycles. The Balaban J connectivity index is 0.00000625. The summed E-state index contributed by atoms with van der Waals surface area (Å²) in [6.45, 7) is 2.04. The van der Waals surface area contributed by atoms with Gasteiger partial charge in [0.1, 0.15) is 5.75 Å². The van der Waals surface area contributed by atoms with Gasteiger partial charge in [-0.05, 0) is 37.6 Å². The Labute approximate surface area is 155 Å². The summed E-state index contributed by atoms with van der Waals surface area (Å²) in [6, 6.07) is 3.69. The molecule has 150 valence electrons. The van der Waals surface area contributed by atoms with Gasteiger partial charge in [-0.25, -0.2) is 13.1 Å². The summed E-state index contributed by atoms with van der Waals surface area (Å²) >= 11 is 0. The molecule has 0 saturated carbocycles. The molecule has 0 aliphatic carbocycles. The van der Waals surface area contributed by atoms with Crippen LogP contribution in [-0.2, 0) is 14.8 Å². The predicted molar refractivity (Wildman–Crippen MR) is 91.5 cm³/mol. The summed E-state index contributed by atoms with van der Waals surface area (Å²) in [6.07, 6.45) is -4.33. The second-order valence-electron chi connectivity index (χ2n) is 5.28. The minimum atomic E-state index is -4.85. The topological polar surface area (TPSA) is 111 Å². The van der Waals surface area contributed by atoms with E-state index in [2.05, 4.69) is 14.8 Å². The Morgan fingerprint density at radius 2 is 1.81 bits per heavy atom. The second-order valence-corrected chi connectivity index (χ2v) is 7.05. The standard InChI is InChI=1S/C14H20F3N3O4S.ClH/c1-10(18)6-8-19-13(21)7-9-20-25(22,23)12-4-2-11(3-5-12)24-14(15,16)17;/h2-5,10,20H,6-9,18H2,1H3,(H,19,21);1H. The first-order valence-corrected chi connectivity index (χ1v) is 8.86. The van der Waals surface area contributed by atoms with Gasteiger partial charge in [-0.15, -0.1) is 25.6 Å². The maximum atomic E-state index is 12.1. The molecule has 12 heteroatoms. The second kappa shape index (κ2) is 10.6. The van der Waals surface area contributed by atoms with E-state index in [9.17, 15) is 26.4 Å². The third kappa shape index (κ3) is 9.80. The highest BCUT2D eigenvalue weighted by atomic mass is 35.5. The van der Waals surface area contributed by atoms with E-state index < -0.39 is 22.1 Å². The molecule has 0 aromatic heterocycles. The van der Waals surface area contributed by atoms with Crippen molar-refractivity contribution in [3.8, 4) is 5.75 Å². The zero-order valence-electron chi connectivity index (χ0n) is 13.9. The van der Waals surface area contributed by atoms with Gasteiger partial charge in [0, 0.05) is 25.6 Å². The van der Waals surface area contributed by atoms with Crippen LogP contribution >= 0.6 is 12.4 Å². The summed E-state index contributed by atoms with van der Waals surface area (Å²) in [7, 11) is -3.94. The number of hydrogen-bond donors (Lipinski definition) is 3. The maximum absolute atomic E-state index is 12.1. The van der Waals surface area contributed by atoms with Crippen molar-refractivity contribution in [2.75, 3.05) is 13.1 Å². The SMILES string of the molecule is CC(N)CCNC(=O)CCNS(=O)(=O)c1ccc(OC(F)(F)F)cc1.Cl. The van der Waals surface area contributed by atoms with E-state index in [4.69, 9.17) is 5.73 Å². The molecule has 4 N–H and O–H groups in total. The van der Waals surface area contributed by atoms with Gasteiger partial charge in [0.25, 0.3) is 0 Å². The normalized spacial score (nSPS) is 12.8. The van der Waals surface area contributed by atoms with Crippen molar-refractivity contribution < 1.29 is 31.1 Å². The maximum Gasteiger partial charge on any atom is 0.573 e. The lowest BCUT2D eigenvalue weighted by molar-refractivity contribution is -0.274. The van der Waals surface area contributed by atoms with E-state index in [-0.39, 0.29) is 42.2 Å². The van der Waals surface area contributed by atoms with E-state index in [1.165, 1.54) is 0 Å². The van der Waals surface area contributed by atoms with Crippen LogP contribution in [0.25, 0.3) is 0 Å². The number of hydrogen-bond acceptors (Lipinski definition) is 5. The zero-order chi connectivity index (χ0) is 19.1. The molecule has 0 bridgehead atoms. The lowest BCUT2D eigenvalue weighted by atomic mass is 10.2. The first-order chi connectivity index (χ1) is 11.5. The van der Waals surface area contributed by atoms with E-state index in [0.29, 0.717) is 13.0 Å². The number of carbonyl (C=O) groups is 1. The molecule has 1 amide bonds. The average Bonchev–Trinajstić information content (AvgIpc) is 2.45. The molecule has 1 atom stereocenters. The third-order valence-corrected chi connectivity index (χ3v) is 4.41. The van der Waals surface area contributed by atoms with Crippen LogP contribution in [0.4, 0.5) is 13.2 Å². The first-order valence-electron chi connectivity index (χ1n) is 7.37. The summed E-state index contributed by atoms with van der Waals surface area (Å²) in [4.78, 5) is 11.3. The van der Waals surface area contributed by atoms with E-state index >= 15 is 0 Å². The van der Waals surface area contributed by atoms with Crippen LogP contribution < -0.4 is 20.5 Å². The Morgan fingerprint density at radius 3 is 2.31 bits per heavy atom. The molecule has 0 saturated heterocycles. The Morgan fingerprint density at radius 1 is 1.23 bits per heavy atom. The molecule has 0 fully saturated rings. The smallest absolute Gasteiger partial charge is 0.406 e. The average molecular weight is 420 g/mol. The van der Waals surface area contributed by atoms with Gasteiger partial charge >= 0.3 is 6.36 Å². The number of alkyl halides is 3. The van der Waals surface area contributed by atoms with E-state index in [1.54, 1.807) is 6.92 Å². The molecule has 1 aromatic carbocycles. The van der Waals surface area contributed by atoms with Gasteiger partial charge in [0.05, 0.1) is 4.90 Å². The fraction of sp³-hybridized carbons (Fsp3) is 0.500. The van der Waals surface area contributed by atoms with Crippen molar-refractivity contribution in [1.29, 1.82) is 0 Å². The van der Waals surface area contributed by atoms with Crippen LogP contribution in [0.5, 0.6) is 5.75 Å². The molecule has 26 heavy (non-hydrogen) atoms. The van der Waals surface area contributed by atoms with Crippen molar-refractivity contribution in [3.05, 3.63) is 24.3 Å². The van der Waals surface area contributed by atoms with Crippen LogP contribution in [0.2, 0.25) is 0 Å². The number of nitrogens with two attached hydrogens (primary N) is 1. The summed E-state index contributed by atoms with van der Waals surface area (Å²) < 4.78 is 66.0. The molecule has 0 spiro atoms. The quantitative estimate of drug-likeness (QED) is 0.562. The summed E-state index contributed by atoms with van der Waals surface area (Å²) in [5.74, 6) is -0.864. The Kier molecular flexibility index (Phi) is 9.92. The number of rotatable bonds is 9. The number of benzene rings is 1. The van der Waals surface area contributed by atoms with Gasteiger partial charge in [-0.2, -0.15) is 0 Å². The van der Waals surface area contributed by atoms with Crippen LogP contribution in [0.3, 0.4) is 0 Å². The van der Waals surface area contributed by atoms with E-state index in [0.717, 1.165) is 24.3 Å². The number of carbonyl (C=O) groups excluding carboxylic acids is 1. The fourth-order valence-electron chi connectivity index (χ4n) is 1.73. The molecule has 7 nitrogen and oxygen atoms in total. The molecule has 1 aromatic rings. The van der Waals surface area contributed by atoms with Crippen LogP contribution in [-0.4, -0.2) is 39.8 Å². The fourth-order valence-corrected chi connectivity index (χ4v) is 2.76. The molecular formula is C14H21ClF3N3O4S. The highest BCUT2D eigenvalue weighted by Gasteiger charge is 2.31. The lowest BCUT2D eigenvalue weighted by Crippen LogP contribution is -2.32. The highest BCUT2D eigenvalue weighted by molar-refractivity contribution is 7.89. The molecule has 1 rings (SSSR count). The van der Waals surface area contributed by atoms with Gasteiger partial charge in [0.15, 0.2) is 0 Å². The number of ether oxygens (including phenoxy) is 1. The molecule has 1 unspecified atom stereocenters. The monoisotopic (exact) mass is 419 g/mol. The number of sulfonamides is 1. The highest BCUT2D eigenvalue weighted by Crippen LogP contribution is 2.23. The Bertz CT molecular complexity index is 667. The van der Waals surface area contributed by atoms with Crippen molar-refractivity contribution in [2.45, 2.75) is 37.1 Å². The van der Waals surface area contributed by atoms with Crippen molar-refractivity contribution in [3.63, 3.8) is 0 Å². The van der Waals surface area contributed by atoms with Crippen molar-refractivity contribution in [1.82, 2.24) is 10.0 Å². The minimum Gasteiger partial charge on any atom is -0.406 e. The zero-order valence-corrected chi connectivity index (χ0v) is 15.5. The molecular weight excluding hydrogens is 399 g/mol. The van der Waals surface area contributed by atoms with E-state index in [1.807, 2.05) is 0 Å². The minimum absolute atomic E-state index is 0. The molecule has 0 heterocycles. The third-order valence-electron chi connectivity index (χ3n) is 2.93. The van der Waals surface area contributed by atoms with Crippen LogP contribution in [0, 0.1) is 0 Å². The number of nitrogens with one attached hydrogen (secondary N) is 2. The molecule has 0 aliphatic rings. The lowest BCUT2D eigenvalue weighted by Gasteiger charge is -2.10. The summed E-state index contributed by atoms with van der Waals surface area (Å²) in [5.41, 5.74) is 5.53. The van der Waals surface area contributed by atoms with Gasteiger partial charge in [-0.3, -0.25) is 4.79 Å². The molecule has 0 radical (unpaired) electrons. The van der Waals surface area contributed by atoms with Gasteiger partial charge in [0.2, 0.25) is 15.9 Å². The van der Waals surface area contributed by atoms with Gasteiger partial charge in [-0.1, -0.05) is 0 Å². The largest absolute Gasteiger partial charge is 0.573 e. The summed E-state index contributed by atoms with van der Waals surface area (Å²) in [5, 5.41) is 2.59. The number of halogens is 4. The Hall–Kier alpha value is -1.56.